The van der Waals surface area contributed by atoms with Crippen molar-refractivity contribution in [2.45, 2.75) is 23.7 Å². The molecule has 1 N–H and O–H groups in total. The molecule has 0 saturated heterocycles. The van der Waals surface area contributed by atoms with E-state index in [1.54, 1.807) is 24.3 Å². The molecule has 2 aromatic rings. The van der Waals surface area contributed by atoms with Crippen LogP contribution in [0.25, 0.3) is 0 Å². The number of hydrogen-bond donors (Lipinski definition) is 1. The molecule has 0 radical (unpaired) electrons. The Morgan fingerprint density at radius 1 is 1.04 bits per heavy atom. The van der Waals surface area contributed by atoms with Gasteiger partial charge in [-0.2, -0.15) is 17.6 Å². The van der Waals surface area contributed by atoms with Crippen molar-refractivity contribution >= 4 is 17.7 Å². The van der Waals surface area contributed by atoms with Crippen molar-refractivity contribution in [2.75, 3.05) is 6.54 Å². The van der Waals surface area contributed by atoms with Crippen molar-refractivity contribution < 1.29 is 27.1 Å². The molecule has 0 aliphatic carbocycles. The number of alkyl halides is 4. The lowest BCUT2D eigenvalue weighted by atomic mass is 10.1. The van der Waals surface area contributed by atoms with Gasteiger partial charge in [-0.05, 0) is 36.2 Å². The topological polar surface area (TPSA) is 38.3 Å². The highest BCUT2D eigenvalue weighted by Crippen LogP contribution is 2.28. The molecule has 2 rings (SSSR count). The molecule has 3 nitrogen and oxygen atoms in total. The number of carbonyl (C=O) groups excluding carboxylic acids is 1. The van der Waals surface area contributed by atoms with Crippen molar-refractivity contribution in [1.82, 2.24) is 5.32 Å². The molecule has 0 unspecified atom stereocenters. The summed E-state index contributed by atoms with van der Waals surface area (Å²) in [5, 5.41) is 2.66. The van der Waals surface area contributed by atoms with Crippen LogP contribution in [0, 0.1) is 0 Å². The average molecular weight is 373 g/mol. The Morgan fingerprint density at radius 2 is 1.72 bits per heavy atom. The molecule has 0 aliphatic heterocycles. The number of rotatable bonds is 8. The summed E-state index contributed by atoms with van der Waals surface area (Å²) in [4.78, 5) is 12.4. The van der Waals surface area contributed by atoms with Crippen LogP contribution in [0.15, 0.2) is 53.4 Å². The summed E-state index contributed by atoms with van der Waals surface area (Å²) in [6, 6.07) is 12.2. The minimum Gasteiger partial charge on any atom is -0.435 e. The van der Waals surface area contributed by atoms with E-state index < -0.39 is 18.3 Å². The van der Waals surface area contributed by atoms with Crippen LogP contribution in [0.3, 0.4) is 0 Å². The molecule has 8 heteroatoms. The highest BCUT2D eigenvalue weighted by Gasteiger charge is 2.14. The van der Waals surface area contributed by atoms with Gasteiger partial charge < -0.3 is 10.1 Å². The van der Waals surface area contributed by atoms with Gasteiger partial charge in [0, 0.05) is 11.4 Å². The lowest BCUT2D eigenvalue weighted by molar-refractivity contribution is -0.0498. The van der Waals surface area contributed by atoms with Crippen molar-refractivity contribution in [3.63, 3.8) is 0 Å². The Kier molecular flexibility index (Phi) is 7.12. The molecular weight excluding hydrogens is 358 g/mol. The molecule has 0 saturated carbocycles. The molecule has 25 heavy (non-hydrogen) atoms. The Bertz CT molecular complexity index is 695. The van der Waals surface area contributed by atoms with Crippen LogP contribution >= 0.6 is 11.8 Å². The zero-order valence-corrected chi connectivity index (χ0v) is 13.7. The normalized spacial score (nSPS) is 11.0. The fourth-order valence-electron chi connectivity index (χ4n) is 2.11. The van der Waals surface area contributed by atoms with Gasteiger partial charge in [-0.15, -0.1) is 0 Å². The predicted octanol–water partition coefficient (Wildman–Crippen LogP) is 4.58. The highest BCUT2D eigenvalue weighted by molar-refractivity contribution is 7.99. The number of halogens is 4. The molecule has 0 aliphatic rings. The molecule has 0 bridgehead atoms. The number of hydrogen-bond acceptors (Lipinski definition) is 3. The van der Waals surface area contributed by atoms with Gasteiger partial charge in [0.05, 0.1) is 5.56 Å². The first kappa shape index (κ1) is 19.1. The number of carbonyl (C=O) groups is 1. The Hall–Kier alpha value is -2.22. The van der Waals surface area contributed by atoms with E-state index in [1.165, 1.54) is 24.3 Å². The van der Waals surface area contributed by atoms with Gasteiger partial charge in [0.25, 0.3) is 11.7 Å². The van der Waals surface area contributed by atoms with Gasteiger partial charge in [-0.25, -0.2) is 0 Å². The summed E-state index contributed by atoms with van der Waals surface area (Å²) in [5.41, 5.74) is 1.01. The molecule has 0 atom stereocenters. The minimum atomic E-state index is -2.88. The summed E-state index contributed by atoms with van der Waals surface area (Å²) in [6.45, 7) is -2.60. The fraction of sp³-hybridized carbons (Fsp3) is 0.235. The lowest BCUT2D eigenvalue weighted by Crippen LogP contribution is -2.26. The maximum Gasteiger partial charge on any atom is 0.387 e. The molecule has 2 aromatic carbocycles. The first-order valence-electron chi connectivity index (χ1n) is 7.31. The third-order valence-corrected chi connectivity index (χ3v) is 3.98. The summed E-state index contributed by atoms with van der Waals surface area (Å²) in [5.74, 6) is -3.00. The van der Waals surface area contributed by atoms with Gasteiger partial charge >= 0.3 is 6.61 Å². The van der Waals surface area contributed by atoms with Crippen molar-refractivity contribution in [1.29, 1.82) is 0 Å². The molecule has 0 spiro atoms. The van der Waals surface area contributed by atoms with Crippen molar-refractivity contribution in [3.05, 3.63) is 59.7 Å². The largest absolute Gasteiger partial charge is 0.435 e. The Balaban J connectivity index is 1.88. The molecule has 134 valence electrons. The highest BCUT2D eigenvalue weighted by atomic mass is 32.2. The first-order chi connectivity index (χ1) is 12.0. The van der Waals surface area contributed by atoms with Gasteiger partial charge in [-0.1, -0.05) is 36.0 Å². The zero-order chi connectivity index (χ0) is 18.2. The second kappa shape index (κ2) is 9.31. The third kappa shape index (κ3) is 6.30. The summed E-state index contributed by atoms with van der Waals surface area (Å²) < 4.78 is 53.4. The molecule has 1 amide bonds. The quantitative estimate of drug-likeness (QED) is 0.544. The summed E-state index contributed by atoms with van der Waals surface area (Å²) in [7, 11) is 0. The second-order valence-corrected chi connectivity index (χ2v) is 5.93. The van der Waals surface area contributed by atoms with Crippen LogP contribution in [0.5, 0.6) is 5.75 Å². The van der Waals surface area contributed by atoms with E-state index in [0.717, 1.165) is 5.56 Å². The zero-order valence-electron chi connectivity index (χ0n) is 12.9. The van der Waals surface area contributed by atoms with E-state index in [9.17, 15) is 22.4 Å². The van der Waals surface area contributed by atoms with Crippen LogP contribution in [0.1, 0.15) is 15.9 Å². The summed E-state index contributed by atoms with van der Waals surface area (Å²) >= 11 is 0.320. The minimum absolute atomic E-state index is 0.0562. The summed E-state index contributed by atoms with van der Waals surface area (Å²) in [6.07, 6.45) is 0.463. The number of ether oxygens (including phenoxy) is 1. The van der Waals surface area contributed by atoms with Gasteiger partial charge in [0.2, 0.25) is 0 Å². The first-order valence-corrected chi connectivity index (χ1v) is 8.19. The maximum absolute atomic E-state index is 12.5. The lowest BCUT2D eigenvalue weighted by Gasteiger charge is -2.10. The van der Waals surface area contributed by atoms with Crippen molar-refractivity contribution in [2.24, 2.45) is 0 Å². The van der Waals surface area contributed by atoms with Gasteiger partial charge in [-0.3, -0.25) is 4.79 Å². The number of benzene rings is 2. The SMILES string of the molecule is O=C(NCCc1ccc(OC(F)F)cc1)c1ccccc1SC(F)F. The van der Waals surface area contributed by atoms with E-state index in [-0.39, 0.29) is 22.8 Å². The monoisotopic (exact) mass is 373 g/mol. The van der Waals surface area contributed by atoms with E-state index in [0.29, 0.717) is 18.2 Å². The van der Waals surface area contributed by atoms with E-state index in [4.69, 9.17) is 0 Å². The van der Waals surface area contributed by atoms with Crippen LogP contribution in [0.4, 0.5) is 17.6 Å². The van der Waals surface area contributed by atoms with Crippen LogP contribution in [-0.4, -0.2) is 24.8 Å². The molecule has 0 fully saturated rings. The fourth-order valence-corrected chi connectivity index (χ4v) is 2.74. The third-order valence-electron chi connectivity index (χ3n) is 3.20. The molecule has 0 heterocycles. The van der Waals surface area contributed by atoms with Crippen LogP contribution in [-0.2, 0) is 6.42 Å². The molecule has 0 aromatic heterocycles. The van der Waals surface area contributed by atoms with E-state index in [1.807, 2.05) is 0 Å². The maximum atomic E-state index is 12.5. The Labute approximate surface area is 146 Å². The van der Waals surface area contributed by atoms with Crippen LogP contribution < -0.4 is 10.1 Å². The Morgan fingerprint density at radius 3 is 2.36 bits per heavy atom. The second-order valence-electron chi connectivity index (χ2n) is 4.90. The average Bonchev–Trinajstić information content (AvgIpc) is 2.56. The van der Waals surface area contributed by atoms with Crippen LogP contribution in [0.2, 0.25) is 0 Å². The standard InChI is InChI=1S/C17H15F4NO2S/c18-16(19)24-12-7-5-11(6-8-12)9-10-22-15(23)13-3-1-2-4-14(13)25-17(20)21/h1-8,16-17H,9-10H2,(H,22,23). The number of amides is 1. The van der Waals surface area contributed by atoms with E-state index >= 15 is 0 Å². The number of thioether (sulfide) groups is 1. The predicted molar refractivity (Wildman–Crippen MR) is 87.4 cm³/mol. The van der Waals surface area contributed by atoms with Crippen molar-refractivity contribution in [3.8, 4) is 5.75 Å². The molecular formula is C17H15F4NO2S. The smallest absolute Gasteiger partial charge is 0.387 e. The van der Waals surface area contributed by atoms with Gasteiger partial charge in [0.1, 0.15) is 5.75 Å². The number of nitrogens with one attached hydrogen (secondary N) is 1. The van der Waals surface area contributed by atoms with E-state index in [2.05, 4.69) is 10.1 Å². The van der Waals surface area contributed by atoms with Gasteiger partial charge in [0.15, 0.2) is 0 Å².